The third-order valence-electron chi connectivity index (χ3n) is 7.29. The van der Waals surface area contributed by atoms with Crippen molar-refractivity contribution >= 4 is 40.3 Å². The normalized spacial score (nSPS) is 14.9. The average molecular weight is 618 g/mol. The van der Waals surface area contributed by atoms with Crippen LogP contribution in [0.2, 0.25) is 0 Å². The number of esters is 2. The van der Waals surface area contributed by atoms with E-state index in [1.54, 1.807) is 32.0 Å². The van der Waals surface area contributed by atoms with E-state index >= 15 is 0 Å². The number of allylic oxidation sites excluding steroid dienone is 1. The summed E-state index contributed by atoms with van der Waals surface area (Å²) in [6.45, 7) is 9.71. The Labute approximate surface area is 258 Å². The van der Waals surface area contributed by atoms with Crippen LogP contribution in [0.15, 0.2) is 69.7 Å². The molecule has 0 bridgehead atoms. The molecule has 0 unspecified atom stereocenters. The summed E-state index contributed by atoms with van der Waals surface area (Å²) in [4.78, 5) is 44.4. The minimum Gasteiger partial charge on any atom is -0.490 e. The van der Waals surface area contributed by atoms with Crippen molar-refractivity contribution in [2.45, 2.75) is 46.7 Å². The van der Waals surface area contributed by atoms with Crippen molar-refractivity contribution < 1.29 is 28.5 Å². The highest BCUT2D eigenvalue weighted by Gasteiger charge is 2.34. The topological polar surface area (TPSA) is 110 Å². The van der Waals surface area contributed by atoms with E-state index < -0.39 is 18.0 Å². The SMILES string of the molecule is CCOC(=O)C1=C(C)N=c2s/c(=C/c3cn(C(C)C)c4ccccc34)c(=O)n2[C@@H]1c1ccc(OCC(=O)OC)c(OCC)c1. The van der Waals surface area contributed by atoms with Gasteiger partial charge in [-0.1, -0.05) is 35.6 Å². The van der Waals surface area contributed by atoms with E-state index in [0.29, 0.717) is 38.7 Å². The van der Waals surface area contributed by atoms with Gasteiger partial charge >= 0.3 is 11.9 Å². The maximum Gasteiger partial charge on any atom is 0.343 e. The summed E-state index contributed by atoms with van der Waals surface area (Å²) in [5.74, 6) is -0.413. The Morgan fingerprint density at radius 3 is 2.55 bits per heavy atom. The van der Waals surface area contributed by atoms with Gasteiger partial charge in [0.05, 0.1) is 42.2 Å². The van der Waals surface area contributed by atoms with Crippen LogP contribution < -0.4 is 24.4 Å². The van der Waals surface area contributed by atoms with Gasteiger partial charge in [0, 0.05) is 28.7 Å². The van der Waals surface area contributed by atoms with Crippen LogP contribution in [0.4, 0.5) is 0 Å². The summed E-state index contributed by atoms with van der Waals surface area (Å²) in [5, 5.41) is 1.04. The van der Waals surface area contributed by atoms with E-state index in [9.17, 15) is 14.4 Å². The van der Waals surface area contributed by atoms with Crippen LogP contribution in [0.3, 0.4) is 0 Å². The van der Waals surface area contributed by atoms with Crippen molar-refractivity contribution in [1.29, 1.82) is 0 Å². The van der Waals surface area contributed by atoms with Gasteiger partial charge in [-0.2, -0.15) is 0 Å². The number of carbonyl (C=O) groups excluding carboxylic acids is 2. The molecule has 0 amide bonds. The number of rotatable bonds is 10. The maximum atomic E-state index is 14.2. The highest BCUT2D eigenvalue weighted by Crippen LogP contribution is 2.36. The summed E-state index contributed by atoms with van der Waals surface area (Å²) in [6, 6.07) is 12.6. The smallest absolute Gasteiger partial charge is 0.343 e. The lowest BCUT2D eigenvalue weighted by Crippen LogP contribution is -2.40. The summed E-state index contributed by atoms with van der Waals surface area (Å²) >= 11 is 1.27. The molecule has 0 N–H and O–H groups in total. The van der Waals surface area contributed by atoms with Crippen LogP contribution in [-0.4, -0.2) is 48.0 Å². The largest absolute Gasteiger partial charge is 0.490 e. The van der Waals surface area contributed by atoms with E-state index in [-0.39, 0.29) is 30.4 Å². The van der Waals surface area contributed by atoms with Gasteiger partial charge in [-0.3, -0.25) is 9.36 Å². The van der Waals surface area contributed by atoms with Crippen LogP contribution in [0, 0.1) is 0 Å². The fourth-order valence-electron chi connectivity index (χ4n) is 5.30. The molecule has 10 nitrogen and oxygen atoms in total. The third kappa shape index (κ3) is 5.79. The summed E-state index contributed by atoms with van der Waals surface area (Å²) in [6.07, 6.45) is 3.95. The van der Waals surface area contributed by atoms with Gasteiger partial charge in [0.25, 0.3) is 5.56 Å². The van der Waals surface area contributed by atoms with Crippen molar-refractivity contribution in [1.82, 2.24) is 9.13 Å². The van der Waals surface area contributed by atoms with E-state index in [0.717, 1.165) is 16.5 Å². The summed E-state index contributed by atoms with van der Waals surface area (Å²) in [5.41, 5.74) is 3.04. The molecule has 2 aromatic carbocycles. The first-order valence-electron chi connectivity index (χ1n) is 14.4. The van der Waals surface area contributed by atoms with Gasteiger partial charge in [0.15, 0.2) is 22.9 Å². The van der Waals surface area contributed by atoms with Gasteiger partial charge in [0.2, 0.25) is 0 Å². The number of aromatic nitrogens is 2. The van der Waals surface area contributed by atoms with Crippen LogP contribution in [0.25, 0.3) is 17.0 Å². The molecule has 0 aliphatic carbocycles. The molecule has 2 aromatic heterocycles. The highest BCUT2D eigenvalue weighted by molar-refractivity contribution is 7.07. The third-order valence-corrected chi connectivity index (χ3v) is 8.27. The molecular formula is C33H35N3O7S. The molecule has 230 valence electrons. The zero-order chi connectivity index (χ0) is 31.5. The molecule has 4 aromatic rings. The molecule has 0 radical (unpaired) electrons. The van der Waals surface area contributed by atoms with Crippen molar-refractivity contribution in [3.8, 4) is 11.5 Å². The Bertz CT molecular complexity index is 1950. The average Bonchev–Trinajstić information content (AvgIpc) is 3.53. The predicted molar refractivity (Wildman–Crippen MR) is 168 cm³/mol. The highest BCUT2D eigenvalue weighted by atomic mass is 32.1. The first-order valence-corrected chi connectivity index (χ1v) is 15.3. The molecule has 0 spiro atoms. The molecule has 0 saturated heterocycles. The second kappa shape index (κ2) is 12.9. The Morgan fingerprint density at radius 1 is 1.07 bits per heavy atom. The van der Waals surface area contributed by atoms with E-state index in [2.05, 4.69) is 40.4 Å². The lowest BCUT2D eigenvalue weighted by Gasteiger charge is -2.25. The molecule has 3 heterocycles. The Hall–Kier alpha value is -4.64. The van der Waals surface area contributed by atoms with Gasteiger partial charge in [0.1, 0.15) is 0 Å². The fraction of sp³-hybridized carbons (Fsp3) is 0.333. The van der Waals surface area contributed by atoms with Crippen molar-refractivity contribution in [2.75, 3.05) is 26.9 Å². The summed E-state index contributed by atoms with van der Waals surface area (Å²) in [7, 11) is 1.28. The quantitative estimate of drug-likeness (QED) is 0.244. The number of hydrogen-bond donors (Lipinski definition) is 0. The first-order chi connectivity index (χ1) is 21.2. The molecular weight excluding hydrogens is 582 g/mol. The molecule has 1 atom stereocenters. The van der Waals surface area contributed by atoms with Crippen molar-refractivity contribution in [2.24, 2.45) is 4.99 Å². The van der Waals surface area contributed by atoms with Gasteiger partial charge in [-0.25, -0.2) is 14.6 Å². The number of thiazole rings is 1. The minimum atomic E-state index is -0.835. The lowest BCUT2D eigenvalue weighted by molar-refractivity contribution is -0.143. The lowest BCUT2D eigenvalue weighted by atomic mass is 9.95. The van der Waals surface area contributed by atoms with Gasteiger partial charge < -0.3 is 23.5 Å². The minimum absolute atomic E-state index is 0.164. The first kappa shape index (κ1) is 30.8. The standard InChI is InChI=1S/C33H35N3O7S/c1-7-41-26-15-21(13-14-25(26)43-18-28(37)40-6)30-29(32(39)42-8-2)20(5)34-33-36(30)31(38)27(44-33)16-22-17-35(19(3)4)24-12-10-9-11-23(22)24/h9-17,19,30H,7-8,18H2,1-6H3/b27-16+/t30-/m1/s1. The van der Waals surface area contributed by atoms with Crippen molar-refractivity contribution in [3.63, 3.8) is 0 Å². The molecule has 1 aliphatic heterocycles. The van der Waals surface area contributed by atoms with E-state index in [1.807, 2.05) is 31.2 Å². The fourth-order valence-corrected chi connectivity index (χ4v) is 6.34. The molecule has 11 heteroatoms. The Kier molecular flexibility index (Phi) is 9.05. The maximum absolute atomic E-state index is 14.2. The molecule has 0 saturated carbocycles. The van der Waals surface area contributed by atoms with Gasteiger partial charge in [-0.05, 0) is 64.5 Å². The number of fused-ring (bicyclic) bond motifs is 2. The molecule has 44 heavy (non-hydrogen) atoms. The number of hydrogen-bond acceptors (Lipinski definition) is 9. The van der Waals surface area contributed by atoms with E-state index in [4.69, 9.17) is 14.2 Å². The van der Waals surface area contributed by atoms with Gasteiger partial charge in [-0.15, -0.1) is 0 Å². The van der Waals surface area contributed by atoms with Crippen LogP contribution in [0.1, 0.15) is 57.8 Å². The zero-order valence-electron chi connectivity index (χ0n) is 25.6. The molecule has 0 fully saturated rings. The molecule has 1 aliphatic rings. The van der Waals surface area contributed by atoms with E-state index in [1.165, 1.54) is 23.0 Å². The summed E-state index contributed by atoms with van der Waals surface area (Å²) < 4.78 is 25.8. The Balaban J connectivity index is 1.70. The second-order valence-electron chi connectivity index (χ2n) is 10.4. The number of benzene rings is 2. The molecule has 5 rings (SSSR count). The number of ether oxygens (including phenoxy) is 4. The van der Waals surface area contributed by atoms with Crippen LogP contribution in [0.5, 0.6) is 11.5 Å². The Morgan fingerprint density at radius 2 is 1.84 bits per heavy atom. The number of carbonyl (C=O) groups is 2. The second-order valence-corrected chi connectivity index (χ2v) is 11.4. The van der Waals surface area contributed by atoms with Crippen LogP contribution >= 0.6 is 11.3 Å². The number of nitrogens with zero attached hydrogens (tertiary/aromatic N) is 3. The monoisotopic (exact) mass is 617 g/mol. The predicted octanol–water partition coefficient (Wildman–Crippen LogP) is 4.28. The van der Waals surface area contributed by atoms with Crippen molar-refractivity contribution in [3.05, 3.63) is 90.7 Å². The number of para-hydroxylation sites is 1. The van der Waals surface area contributed by atoms with Crippen LogP contribution in [-0.2, 0) is 19.1 Å². The zero-order valence-corrected chi connectivity index (χ0v) is 26.4. The number of methoxy groups -OCH3 is 1.